The Morgan fingerprint density at radius 1 is 1.62 bits per heavy atom. The molecule has 1 N–H and O–H groups in total. The number of alkyl halides is 1. The lowest BCUT2D eigenvalue weighted by Crippen LogP contribution is -2.25. The van der Waals surface area contributed by atoms with Gasteiger partial charge in [0.15, 0.2) is 0 Å². The largest absolute Gasteiger partial charge is 0.309 e. The molecule has 1 aromatic heterocycles. The van der Waals surface area contributed by atoms with E-state index >= 15 is 0 Å². The number of nitrogens with one attached hydrogen (secondary N) is 1. The van der Waals surface area contributed by atoms with Crippen LogP contribution in [0.25, 0.3) is 0 Å². The van der Waals surface area contributed by atoms with Gasteiger partial charge in [0.1, 0.15) is 0 Å². The van der Waals surface area contributed by atoms with Crippen LogP contribution in [0, 0.1) is 0 Å². The van der Waals surface area contributed by atoms with E-state index in [9.17, 15) is 0 Å². The van der Waals surface area contributed by atoms with Gasteiger partial charge in [-0.15, -0.1) is 11.3 Å². The molecule has 0 fully saturated rings. The number of rotatable bonds is 5. The van der Waals surface area contributed by atoms with Crippen LogP contribution < -0.4 is 5.32 Å². The Morgan fingerprint density at radius 3 is 2.92 bits per heavy atom. The molecule has 1 nitrogen and oxygen atoms in total. The van der Waals surface area contributed by atoms with Crippen molar-refractivity contribution in [1.29, 1.82) is 0 Å². The van der Waals surface area contributed by atoms with Gasteiger partial charge in [-0.1, -0.05) is 15.9 Å². The monoisotopic (exact) mass is 325 g/mol. The van der Waals surface area contributed by atoms with Crippen LogP contribution >= 0.6 is 43.2 Å². The smallest absolute Gasteiger partial charge is 0.0327 e. The minimum atomic E-state index is 0.577. The lowest BCUT2D eigenvalue weighted by molar-refractivity contribution is 0.541. The molecule has 1 heterocycles. The molecule has 13 heavy (non-hydrogen) atoms. The summed E-state index contributed by atoms with van der Waals surface area (Å²) < 4.78 is 1.22. The standard InChI is InChI=1S/C9H13Br2NS/c1-7(2-4-10)12-6-9-8(11)3-5-13-9/h3,5,7,12H,2,4,6H2,1H3. The first kappa shape index (κ1) is 11.7. The van der Waals surface area contributed by atoms with Crippen LogP contribution in [-0.4, -0.2) is 11.4 Å². The molecule has 1 rings (SSSR count). The third-order valence-corrected chi connectivity index (χ3v) is 4.23. The Balaban J connectivity index is 2.30. The number of halogens is 2. The summed E-state index contributed by atoms with van der Waals surface area (Å²) in [5, 5.41) is 6.65. The van der Waals surface area contributed by atoms with Crippen LogP contribution in [0.1, 0.15) is 18.2 Å². The van der Waals surface area contributed by atoms with Crippen LogP contribution in [-0.2, 0) is 6.54 Å². The third kappa shape index (κ3) is 4.11. The van der Waals surface area contributed by atoms with Crippen molar-refractivity contribution in [3.05, 3.63) is 20.8 Å². The first-order valence-corrected chi connectivity index (χ1v) is 7.04. The van der Waals surface area contributed by atoms with Crippen molar-refractivity contribution in [3.63, 3.8) is 0 Å². The molecule has 1 aromatic rings. The van der Waals surface area contributed by atoms with Gasteiger partial charge in [-0.3, -0.25) is 0 Å². The van der Waals surface area contributed by atoms with E-state index < -0.39 is 0 Å². The molecule has 0 aliphatic carbocycles. The number of thiophene rings is 1. The molecule has 0 aliphatic heterocycles. The SMILES string of the molecule is CC(CCBr)NCc1sccc1Br. The van der Waals surface area contributed by atoms with Crippen LogP contribution in [0.4, 0.5) is 0 Å². The molecule has 1 atom stereocenters. The lowest BCUT2D eigenvalue weighted by atomic mass is 10.2. The second-order valence-electron chi connectivity index (χ2n) is 2.95. The summed E-state index contributed by atoms with van der Waals surface area (Å²) in [4.78, 5) is 1.38. The Kier molecular flexibility index (Phi) is 5.55. The summed E-state index contributed by atoms with van der Waals surface area (Å²) >= 11 is 8.74. The minimum Gasteiger partial charge on any atom is -0.309 e. The molecule has 4 heteroatoms. The first-order chi connectivity index (χ1) is 6.24. The number of hydrogen-bond acceptors (Lipinski definition) is 2. The van der Waals surface area contributed by atoms with E-state index in [1.165, 1.54) is 15.8 Å². The van der Waals surface area contributed by atoms with E-state index in [1.807, 2.05) is 0 Å². The molecule has 0 spiro atoms. The van der Waals surface area contributed by atoms with Gasteiger partial charge >= 0.3 is 0 Å². The van der Waals surface area contributed by atoms with E-state index in [0.717, 1.165) is 11.9 Å². The molecular formula is C9H13Br2NS. The summed E-state index contributed by atoms with van der Waals surface area (Å²) in [7, 11) is 0. The van der Waals surface area contributed by atoms with Crippen LogP contribution in [0.2, 0.25) is 0 Å². The van der Waals surface area contributed by atoms with E-state index in [1.54, 1.807) is 11.3 Å². The van der Waals surface area contributed by atoms with Crippen LogP contribution in [0.5, 0.6) is 0 Å². The Bertz CT molecular complexity index is 250. The van der Waals surface area contributed by atoms with Gasteiger partial charge in [-0.2, -0.15) is 0 Å². The molecule has 0 saturated heterocycles. The maximum atomic E-state index is 3.52. The highest BCUT2D eigenvalue weighted by Gasteiger charge is 2.03. The van der Waals surface area contributed by atoms with Gasteiger partial charge in [-0.05, 0) is 40.7 Å². The van der Waals surface area contributed by atoms with Crippen molar-refractivity contribution in [2.75, 3.05) is 5.33 Å². The summed E-state index contributed by atoms with van der Waals surface area (Å²) in [6.45, 7) is 3.18. The van der Waals surface area contributed by atoms with Crippen molar-refractivity contribution in [2.24, 2.45) is 0 Å². The summed E-state index contributed by atoms with van der Waals surface area (Å²) in [6.07, 6.45) is 1.17. The highest BCUT2D eigenvalue weighted by Crippen LogP contribution is 2.22. The summed E-state index contributed by atoms with van der Waals surface area (Å²) in [5.74, 6) is 0. The topological polar surface area (TPSA) is 12.0 Å². The van der Waals surface area contributed by atoms with Crippen molar-refractivity contribution in [2.45, 2.75) is 25.9 Å². The molecule has 0 aromatic carbocycles. The minimum absolute atomic E-state index is 0.577. The quantitative estimate of drug-likeness (QED) is 0.812. The Labute approximate surface area is 100 Å². The molecule has 74 valence electrons. The highest BCUT2D eigenvalue weighted by molar-refractivity contribution is 9.10. The fourth-order valence-electron chi connectivity index (χ4n) is 0.984. The average Bonchev–Trinajstić information content (AvgIpc) is 2.48. The van der Waals surface area contributed by atoms with Gasteiger partial charge in [0.05, 0.1) is 0 Å². The second kappa shape index (κ2) is 6.17. The number of hydrogen-bond donors (Lipinski definition) is 1. The van der Waals surface area contributed by atoms with E-state index in [4.69, 9.17) is 0 Å². The Hall–Kier alpha value is 0.620. The molecule has 0 bridgehead atoms. The normalized spacial score (nSPS) is 13.2. The van der Waals surface area contributed by atoms with Gasteiger partial charge in [0.25, 0.3) is 0 Å². The fourth-order valence-corrected chi connectivity index (χ4v) is 3.11. The second-order valence-corrected chi connectivity index (χ2v) is 5.60. The molecule has 0 saturated carbocycles. The first-order valence-electron chi connectivity index (χ1n) is 4.25. The zero-order chi connectivity index (χ0) is 9.68. The molecular weight excluding hydrogens is 314 g/mol. The third-order valence-electron chi connectivity index (χ3n) is 1.84. The molecule has 0 aliphatic rings. The van der Waals surface area contributed by atoms with Crippen molar-refractivity contribution < 1.29 is 0 Å². The zero-order valence-corrected chi connectivity index (χ0v) is 11.5. The zero-order valence-electron chi connectivity index (χ0n) is 7.52. The van der Waals surface area contributed by atoms with Gasteiger partial charge < -0.3 is 5.32 Å². The maximum Gasteiger partial charge on any atom is 0.0327 e. The lowest BCUT2D eigenvalue weighted by Gasteiger charge is -2.11. The molecule has 1 unspecified atom stereocenters. The molecule has 0 amide bonds. The van der Waals surface area contributed by atoms with Crippen LogP contribution in [0.15, 0.2) is 15.9 Å². The average molecular weight is 327 g/mol. The van der Waals surface area contributed by atoms with Crippen molar-refractivity contribution in [3.8, 4) is 0 Å². The highest BCUT2D eigenvalue weighted by atomic mass is 79.9. The van der Waals surface area contributed by atoms with Crippen molar-refractivity contribution >= 4 is 43.2 Å². The predicted octanol–water partition coefficient (Wildman–Crippen LogP) is 3.77. The van der Waals surface area contributed by atoms with Gasteiger partial charge in [0.2, 0.25) is 0 Å². The van der Waals surface area contributed by atoms with E-state index in [2.05, 4.69) is 55.5 Å². The van der Waals surface area contributed by atoms with E-state index in [0.29, 0.717) is 6.04 Å². The summed E-state index contributed by atoms with van der Waals surface area (Å²) in [6, 6.07) is 2.67. The van der Waals surface area contributed by atoms with E-state index in [-0.39, 0.29) is 0 Å². The Morgan fingerprint density at radius 2 is 2.38 bits per heavy atom. The van der Waals surface area contributed by atoms with Crippen LogP contribution in [0.3, 0.4) is 0 Å². The summed E-state index contributed by atoms with van der Waals surface area (Å²) in [5.41, 5.74) is 0. The van der Waals surface area contributed by atoms with Gasteiger partial charge in [-0.25, -0.2) is 0 Å². The maximum absolute atomic E-state index is 3.52. The predicted molar refractivity (Wildman–Crippen MR) is 66.7 cm³/mol. The fraction of sp³-hybridized carbons (Fsp3) is 0.556. The van der Waals surface area contributed by atoms with Crippen molar-refractivity contribution in [1.82, 2.24) is 5.32 Å². The van der Waals surface area contributed by atoms with Gasteiger partial charge in [0, 0.05) is 27.3 Å². The molecule has 0 radical (unpaired) electrons.